The summed E-state index contributed by atoms with van der Waals surface area (Å²) in [5.74, 6) is 0.822. The first-order valence-electron chi connectivity index (χ1n) is 11.1. The number of hydrogen-bond donors (Lipinski definition) is 0. The molecule has 180 valence electrons. The van der Waals surface area contributed by atoms with Crippen molar-refractivity contribution in [3.63, 3.8) is 0 Å². The van der Waals surface area contributed by atoms with Gasteiger partial charge in [0, 0.05) is 31.7 Å². The highest BCUT2D eigenvalue weighted by Crippen LogP contribution is 2.64. The maximum atomic E-state index is 14.4. The van der Waals surface area contributed by atoms with Crippen molar-refractivity contribution < 1.29 is 17.6 Å². The van der Waals surface area contributed by atoms with E-state index in [0.717, 1.165) is 55.9 Å². The van der Waals surface area contributed by atoms with Crippen LogP contribution >= 0.6 is 11.8 Å². The number of alkyl halides is 3. The largest absolute Gasteiger partial charge is 0.416 e. The quantitative estimate of drug-likeness (QED) is 0.269. The Morgan fingerprint density at radius 3 is 2.79 bits per heavy atom. The Morgan fingerprint density at radius 1 is 1.21 bits per heavy atom. The predicted octanol–water partition coefficient (Wildman–Crippen LogP) is 4.79. The molecule has 0 N–H and O–H groups in total. The highest BCUT2D eigenvalue weighted by molar-refractivity contribution is 7.99. The van der Waals surface area contributed by atoms with E-state index >= 15 is 0 Å². The summed E-state index contributed by atoms with van der Waals surface area (Å²) in [5.41, 5.74) is 0.172. The third-order valence-corrected chi connectivity index (χ3v) is 7.94. The molecule has 2 aromatic heterocycles. The minimum atomic E-state index is -4.52. The van der Waals surface area contributed by atoms with E-state index in [0.29, 0.717) is 23.1 Å². The van der Waals surface area contributed by atoms with Gasteiger partial charge < -0.3 is 9.47 Å². The molecular weight excluding hydrogens is 468 g/mol. The van der Waals surface area contributed by atoms with Crippen LogP contribution in [-0.4, -0.2) is 55.0 Å². The van der Waals surface area contributed by atoms with Gasteiger partial charge in [0.2, 0.25) is 0 Å². The van der Waals surface area contributed by atoms with E-state index in [-0.39, 0.29) is 11.3 Å². The van der Waals surface area contributed by atoms with E-state index < -0.39 is 17.6 Å². The van der Waals surface area contributed by atoms with Gasteiger partial charge >= 0.3 is 6.18 Å². The van der Waals surface area contributed by atoms with Gasteiger partial charge in [-0.25, -0.2) is 9.37 Å². The monoisotopic (exact) mass is 492 g/mol. The second kappa shape index (κ2) is 8.92. The smallest absolute Gasteiger partial charge is 0.304 e. The Balaban J connectivity index is 1.11. The van der Waals surface area contributed by atoms with Crippen molar-refractivity contribution in [2.24, 2.45) is 12.5 Å². The second-order valence-corrected chi connectivity index (χ2v) is 10.1. The van der Waals surface area contributed by atoms with Crippen molar-refractivity contribution in [2.45, 2.75) is 36.5 Å². The highest BCUT2D eigenvalue weighted by atomic mass is 32.2. The lowest BCUT2D eigenvalue weighted by Gasteiger charge is -2.16. The van der Waals surface area contributed by atoms with Gasteiger partial charge in [0.15, 0.2) is 11.0 Å². The van der Waals surface area contributed by atoms with Crippen LogP contribution in [0.15, 0.2) is 41.9 Å². The third kappa shape index (κ3) is 4.55. The Kier molecular flexibility index (Phi) is 6.09. The molecule has 2 atom stereocenters. The number of aromatic nitrogens is 5. The van der Waals surface area contributed by atoms with Gasteiger partial charge in [-0.2, -0.15) is 13.2 Å². The molecule has 3 aromatic rings. The lowest BCUT2D eigenvalue weighted by Crippen LogP contribution is -2.23. The van der Waals surface area contributed by atoms with Gasteiger partial charge in [-0.3, -0.25) is 4.98 Å². The van der Waals surface area contributed by atoms with Gasteiger partial charge in [-0.15, -0.1) is 10.2 Å². The molecule has 1 saturated carbocycles. The van der Waals surface area contributed by atoms with E-state index in [9.17, 15) is 17.6 Å². The molecule has 1 saturated heterocycles. The molecule has 11 heteroatoms. The molecular formula is C23H24F4N6S. The number of nitrogens with zero attached hydrogens (tertiary/aromatic N) is 6. The fourth-order valence-electron chi connectivity index (χ4n) is 4.93. The minimum Gasteiger partial charge on any atom is -0.304 e. The molecule has 34 heavy (non-hydrogen) atoms. The molecule has 2 unspecified atom stereocenters. The zero-order valence-electron chi connectivity index (χ0n) is 18.6. The molecule has 0 amide bonds. The summed E-state index contributed by atoms with van der Waals surface area (Å²) in [6.07, 6.45) is 3.13. The van der Waals surface area contributed by atoms with Crippen LogP contribution < -0.4 is 0 Å². The van der Waals surface area contributed by atoms with Crippen molar-refractivity contribution >= 4 is 11.8 Å². The molecule has 5 rings (SSSR count). The number of thioether (sulfide) groups is 1. The van der Waals surface area contributed by atoms with Gasteiger partial charge in [0.05, 0.1) is 11.8 Å². The molecule has 6 nitrogen and oxygen atoms in total. The van der Waals surface area contributed by atoms with Gasteiger partial charge in [-0.05, 0) is 61.4 Å². The van der Waals surface area contributed by atoms with Crippen LogP contribution in [0.2, 0.25) is 0 Å². The first-order chi connectivity index (χ1) is 16.3. The Hall–Kier alpha value is -2.53. The number of hydrogen-bond acceptors (Lipinski definition) is 6. The zero-order chi connectivity index (χ0) is 23.9. The van der Waals surface area contributed by atoms with Crippen LogP contribution in [0.1, 0.15) is 36.3 Å². The van der Waals surface area contributed by atoms with E-state index in [1.54, 1.807) is 30.4 Å². The van der Waals surface area contributed by atoms with Gasteiger partial charge in [0.25, 0.3) is 0 Å². The summed E-state index contributed by atoms with van der Waals surface area (Å²) in [6, 6.07) is 2.96. The van der Waals surface area contributed by atoms with Crippen molar-refractivity contribution in [2.75, 3.05) is 25.4 Å². The molecule has 1 aromatic carbocycles. The van der Waals surface area contributed by atoms with Crippen LogP contribution in [0.4, 0.5) is 17.6 Å². The van der Waals surface area contributed by atoms with Crippen molar-refractivity contribution in [1.82, 2.24) is 29.6 Å². The zero-order valence-corrected chi connectivity index (χ0v) is 19.4. The fraction of sp³-hybridized carbons (Fsp3) is 0.478. The van der Waals surface area contributed by atoms with Crippen LogP contribution in [0.25, 0.3) is 11.5 Å². The van der Waals surface area contributed by atoms with Crippen molar-refractivity contribution in [3.8, 4) is 11.5 Å². The van der Waals surface area contributed by atoms with Crippen molar-refractivity contribution in [3.05, 3.63) is 53.7 Å². The number of likely N-dealkylation sites (tertiary alicyclic amines) is 1. The minimum absolute atomic E-state index is 0.00292. The van der Waals surface area contributed by atoms with Crippen LogP contribution in [0.3, 0.4) is 0 Å². The summed E-state index contributed by atoms with van der Waals surface area (Å²) in [7, 11) is 1.91. The summed E-state index contributed by atoms with van der Waals surface area (Å²) in [5, 5.41) is 9.29. The predicted molar refractivity (Wildman–Crippen MR) is 120 cm³/mol. The van der Waals surface area contributed by atoms with E-state index in [1.807, 2.05) is 11.6 Å². The molecule has 2 aliphatic rings. The Bertz CT molecular complexity index is 1170. The molecule has 0 radical (unpaired) electrons. The average Bonchev–Trinajstić information content (AvgIpc) is 3.14. The maximum Gasteiger partial charge on any atom is 0.416 e. The van der Waals surface area contributed by atoms with Gasteiger partial charge in [-0.1, -0.05) is 17.8 Å². The van der Waals surface area contributed by atoms with Crippen molar-refractivity contribution in [1.29, 1.82) is 0 Å². The lowest BCUT2D eigenvalue weighted by molar-refractivity contribution is -0.137. The molecule has 2 fully saturated rings. The average molecular weight is 493 g/mol. The fourth-order valence-corrected chi connectivity index (χ4v) is 5.76. The highest BCUT2D eigenvalue weighted by Gasteiger charge is 2.58. The summed E-state index contributed by atoms with van der Waals surface area (Å²) in [6.45, 7) is 2.72. The van der Waals surface area contributed by atoms with E-state index in [1.165, 1.54) is 6.07 Å². The molecule has 1 aliphatic carbocycles. The molecule has 0 bridgehead atoms. The Morgan fingerprint density at radius 2 is 2.06 bits per heavy atom. The van der Waals surface area contributed by atoms with Crippen LogP contribution in [-0.2, 0) is 13.2 Å². The third-order valence-electron chi connectivity index (χ3n) is 6.83. The second-order valence-electron chi connectivity index (χ2n) is 9.04. The van der Waals surface area contributed by atoms with E-state index in [4.69, 9.17) is 0 Å². The first kappa shape index (κ1) is 23.2. The number of benzene rings is 1. The SMILES string of the molecule is Cn1c(SCCCN2CCC3(CC3c3ccc(C(F)(F)F)cc3F)C2)nnc1-c1cnccn1. The standard InChI is InChI=1S/C23H24F4N6S/c1-32-20(19-13-28-6-7-29-19)30-31-21(32)34-10-2-8-33-9-5-22(14-33)12-17(22)16-4-3-15(11-18(16)24)23(25,26)27/h3-4,6-7,11,13,17H,2,5,8-10,12,14H2,1H3. The van der Waals surface area contributed by atoms with Gasteiger partial charge in [0.1, 0.15) is 11.5 Å². The summed E-state index contributed by atoms with van der Waals surface area (Å²) < 4.78 is 54.8. The summed E-state index contributed by atoms with van der Waals surface area (Å²) >= 11 is 1.64. The number of rotatable bonds is 7. The molecule has 3 heterocycles. The van der Waals surface area contributed by atoms with Crippen LogP contribution in [0, 0.1) is 11.2 Å². The first-order valence-corrected chi connectivity index (χ1v) is 12.1. The maximum absolute atomic E-state index is 14.4. The normalized spacial score (nSPS) is 22.6. The lowest BCUT2D eigenvalue weighted by atomic mass is 9.97. The number of halogens is 4. The van der Waals surface area contributed by atoms with Crippen LogP contribution in [0.5, 0.6) is 0 Å². The molecule has 1 spiro atoms. The van der Waals surface area contributed by atoms with E-state index in [2.05, 4.69) is 25.1 Å². The summed E-state index contributed by atoms with van der Waals surface area (Å²) in [4.78, 5) is 10.7. The Labute approximate surface area is 198 Å². The molecule has 1 aliphatic heterocycles. The topological polar surface area (TPSA) is 59.7 Å².